The van der Waals surface area contributed by atoms with E-state index in [1.54, 1.807) is 0 Å². The van der Waals surface area contributed by atoms with Gasteiger partial charge in [-0.2, -0.15) is 4.98 Å². The third-order valence-electron chi connectivity index (χ3n) is 6.36. The van der Waals surface area contributed by atoms with Gasteiger partial charge >= 0.3 is 0 Å². The van der Waals surface area contributed by atoms with Crippen molar-refractivity contribution in [2.24, 2.45) is 0 Å². The molecular formula is C26H29N5. The van der Waals surface area contributed by atoms with Crippen molar-refractivity contribution in [1.29, 1.82) is 0 Å². The van der Waals surface area contributed by atoms with Crippen molar-refractivity contribution in [2.45, 2.75) is 40.5 Å². The average Bonchev–Trinajstić information content (AvgIpc) is 3.33. The van der Waals surface area contributed by atoms with E-state index in [2.05, 4.69) is 85.5 Å². The fourth-order valence-corrected chi connectivity index (χ4v) is 4.84. The van der Waals surface area contributed by atoms with Crippen LogP contribution in [0.1, 0.15) is 33.5 Å². The molecule has 5 rings (SSSR count). The number of H-pyrrole nitrogens is 1. The zero-order chi connectivity index (χ0) is 21.5. The Morgan fingerprint density at radius 1 is 1.03 bits per heavy atom. The van der Waals surface area contributed by atoms with Gasteiger partial charge in [0.15, 0.2) is 0 Å². The molecule has 0 fully saturated rings. The van der Waals surface area contributed by atoms with Gasteiger partial charge in [0.1, 0.15) is 5.82 Å². The molecule has 0 unspecified atom stereocenters. The van der Waals surface area contributed by atoms with E-state index >= 15 is 0 Å². The van der Waals surface area contributed by atoms with Crippen LogP contribution in [-0.4, -0.2) is 28.0 Å². The van der Waals surface area contributed by atoms with Crippen molar-refractivity contribution in [3.8, 4) is 0 Å². The van der Waals surface area contributed by atoms with Gasteiger partial charge in [-0.05, 0) is 63.3 Å². The average molecular weight is 412 g/mol. The van der Waals surface area contributed by atoms with E-state index in [0.717, 1.165) is 43.1 Å². The molecule has 1 aliphatic heterocycles. The van der Waals surface area contributed by atoms with E-state index in [4.69, 9.17) is 9.97 Å². The molecule has 158 valence electrons. The van der Waals surface area contributed by atoms with Crippen molar-refractivity contribution < 1.29 is 0 Å². The predicted molar refractivity (Wildman–Crippen MR) is 129 cm³/mol. The van der Waals surface area contributed by atoms with Gasteiger partial charge in [-0.15, -0.1) is 0 Å². The number of anilines is 3. The molecule has 0 amide bonds. The molecule has 0 aliphatic carbocycles. The number of nitrogens with one attached hydrogen (secondary N) is 2. The highest BCUT2D eigenvalue weighted by molar-refractivity contribution is 5.83. The second-order valence-electron chi connectivity index (χ2n) is 8.68. The molecule has 0 saturated carbocycles. The van der Waals surface area contributed by atoms with Crippen LogP contribution in [0.4, 0.5) is 17.5 Å². The molecule has 2 aromatic heterocycles. The summed E-state index contributed by atoms with van der Waals surface area (Å²) in [5, 5.41) is 4.81. The predicted octanol–water partition coefficient (Wildman–Crippen LogP) is 5.54. The van der Waals surface area contributed by atoms with Crippen molar-refractivity contribution in [3.05, 3.63) is 76.1 Å². The van der Waals surface area contributed by atoms with Crippen LogP contribution in [0.15, 0.2) is 42.6 Å². The number of nitrogens with zero attached hydrogens (tertiary/aromatic N) is 3. The van der Waals surface area contributed by atoms with Gasteiger partial charge < -0.3 is 15.2 Å². The smallest absolute Gasteiger partial charge is 0.229 e. The fourth-order valence-electron chi connectivity index (χ4n) is 4.84. The number of para-hydroxylation sites is 1. The van der Waals surface area contributed by atoms with E-state index in [-0.39, 0.29) is 0 Å². The lowest BCUT2D eigenvalue weighted by Gasteiger charge is -2.20. The maximum Gasteiger partial charge on any atom is 0.229 e. The summed E-state index contributed by atoms with van der Waals surface area (Å²) in [4.78, 5) is 15.5. The van der Waals surface area contributed by atoms with Crippen LogP contribution in [0, 0.1) is 27.7 Å². The summed E-state index contributed by atoms with van der Waals surface area (Å²) >= 11 is 0. The molecule has 3 heterocycles. The number of aryl methyl sites for hydroxylation is 4. The van der Waals surface area contributed by atoms with Crippen molar-refractivity contribution in [3.63, 3.8) is 0 Å². The van der Waals surface area contributed by atoms with Crippen LogP contribution in [0.5, 0.6) is 0 Å². The van der Waals surface area contributed by atoms with Gasteiger partial charge in [-0.1, -0.05) is 35.9 Å². The Balaban J connectivity index is 1.40. The molecule has 4 aromatic rings. The minimum atomic E-state index is 0.685. The van der Waals surface area contributed by atoms with Crippen LogP contribution in [0.2, 0.25) is 0 Å². The number of aromatic amines is 1. The molecule has 0 bridgehead atoms. The second-order valence-corrected chi connectivity index (χ2v) is 8.68. The van der Waals surface area contributed by atoms with Crippen LogP contribution >= 0.6 is 0 Å². The first-order valence-corrected chi connectivity index (χ1v) is 11.0. The van der Waals surface area contributed by atoms with Gasteiger partial charge in [-0.3, -0.25) is 0 Å². The molecule has 31 heavy (non-hydrogen) atoms. The lowest BCUT2D eigenvalue weighted by Crippen LogP contribution is -2.24. The molecule has 1 aliphatic rings. The van der Waals surface area contributed by atoms with Gasteiger partial charge in [0, 0.05) is 47.1 Å². The Morgan fingerprint density at radius 3 is 2.61 bits per heavy atom. The third-order valence-corrected chi connectivity index (χ3v) is 6.36. The topological polar surface area (TPSA) is 56.8 Å². The standard InChI is InChI=1S/C26H29N5/c1-16-13-17(2)24(18(3)14-16)29-26-28-19(4)21-10-12-31(25(21)30-26)11-9-20-15-27-23-8-6-5-7-22(20)23/h5-8,13-15,27H,9-12H2,1-4H3,(H,28,29,30). The van der Waals surface area contributed by atoms with Gasteiger partial charge in [-0.25, -0.2) is 4.98 Å². The monoisotopic (exact) mass is 411 g/mol. The normalized spacial score (nSPS) is 13.1. The third kappa shape index (κ3) is 3.65. The number of hydrogen-bond donors (Lipinski definition) is 2. The van der Waals surface area contributed by atoms with E-state index in [9.17, 15) is 0 Å². The molecule has 2 N–H and O–H groups in total. The summed E-state index contributed by atoms with van der Waals surface area (Å²) in [5.41, 5.74) is 9.73. The first-order valence-electron chi connectivity index (χ1n) is 11.0. The highest BCUT2D eigenvalue weighted by Gasteiger charge is 2.24. The maximum atomic E-state index is 4.95. The van der Waals surface area contributed by atoms with Crippen LogP contribution in [0.3, 0.4) is 0 Å². The lowest BCUT2D eigenvalue weighted by molar-refractivity contribution is 0.807. The molecule has 0 radical (unpaired) electrons. The number of rotatable bonds is 5. The number of benzene rings is 2. The summed E-state index contributed by atoms with van der Waals surface area (Å²) in [6.45, 7) is 10.5. The van der Waals surface area contributed by atoms with Crippen LogP contribution in [-0.2, 0) is 12.8 Å². The van der Waals surface area contributed by atoms with Gasteiger partial charge in [0.25, 0.3) is 0 Å². The molecule has 0 atom stereocenters. The Bertz CT molecular complexity index is 1250. The highest BCUT2D eigenvalue weighted by atomic mass is 15.2. The Kier molecular flexibility index (Phi) is 4.89. The summed E-state index contributed by atoms with van der Waals surface area (Å²) < 4.78 is 0. The van der Waals surface area contributed by atoms with E-state index < -0.39 is 0 Å². The first-order chi connectivity index (χ1) is 15.0. The van der Waals surface area contributed by atoms with Gasteiger partial charge in [0.2, 0.25) is 5.95 Å². The van der Waals surface area contributed by atoms with Gasteiger partial charge in [0.05, 0.1) is 0 Å². The largest absolute Gasteiger partial charge is 0.361 e. The van der Waals surface area contributed by atoms with Crippen LogP contribution in [0.25, 0.3) is 10.9 Å². The Labute approximate surface area is 183 Å². The summed E-state index contributed by atoms with van der Waals surface area (Å²) in [6, 6.07) is 12.9. The zero-order valence-corrected chi connectivity index (χ0v) is 18.7. The lowest BCUT2D eigenvalue weighted by atomic mass is 10.1. The van der Waals surface area contributed by atoms with E-state index in [1.165, 1.54) is 38.7 Å². The van der Waals surface area contributed by atoms with Crippen molar-refractivity contribution in [2.75, 3.05) is 23.3 Å². The SMILES string of the molecule is Cc1cc(C)c(Nc2nc(C)c3c(n2)N(CCc2c[nH]c4ccccc24)CC3)c(C)c1. The zero-order valence-electron chi connectivity index (χ0n) is 18.7. The molecule has 5 heteroatoms. The quantitative estimate of drug-likeness (QED) is 0.453. The van der Waals surface area contributed by atoms with Crippen LogP contribution < -0.4 is 10.2 Å². The van der Waals surface area contributed by atoms with E-state index in [1.807, 2.05) is 0 Å². The fraction of sp³-hybridized carbons (Fsp3) is 0.308. The minimum Gasteiger partial charge on any atom is -0.361 e. The Morgan fingerprint density at radius 2 is 1.81 bits per heavy atom. The molecule has 2 aromatic carbocycles. The van der Waals surface area contributed by atoms with E-state index in [0.29, 0.717) is 5.95 Å². The summed E-state index contributed by atoms with van der Waals surface area (Å²) in [7, 11) is 0. The van der Waals surface area contributed by atoms with Crippen molar-refractivity contribution in [1.82, 2.24) is 15.0 Å². The number of aromatic nitrogens is 3. The molecule has 0 saturated heterocycles. The number of fused-ring (bicyclic) bond motifs is 2. The maximum absolute atomic E-state index is 4.95. The minimum absolute atomic E-state index is 0.685. The second kappa shape index (κ2) is 7.73. The molecule has 0 spiro atoms. The Hall–Kier alpha value is -3.34. The highest BCUT2D eigenvalue weighted by Crippen LogP contribution is 2.31. The number of hydrogen-bond acceptors (Lipinski definition) is 4. The summed E-state index contributed by atoms with van der Waals surface area (Å²) in [6.07, 6.45) is 4.15. The molecular weight excluding hydrogens is 382 g/mol. The molecule has 5 nitrogen and oxygen atoms in total. The van der Waals surface area contributed by atoms with Crippen molar-refractivity contribution >= 4 is 28.4 Å². The first kappa shape index (κ1) is 19.6. The summed E-state index contributed by atoms with van der Waals surface area (Å²) in [5.74, 6) is 1.77.